The van der Waals surface area contributed by atoms with Crippen molar-refractivity contribution in [3.63, 3.8) is 0 Å². The van der Waals surface area contributed by atoms with E-state index in [9.17, 15) is 0 Å². The molecule has 0 saturated carbocycles. The van der Waals surface area contributed by atoms with Crippen LogP contribution in [0.15, 0.2) is 12.1 Å². The minimum atomic E-state index is 0.0544. The number of hydrogen-bond donors (Lipinski definition) is 0. The van der Waals surface area contributed by atoms with Crippen molar-refractivity contribution in [2.24, 2.45) is 5.92 Å². The van der Waals surface area contributed by atoms with Crippen LogP contribution < -0.4 is 4.74 Å². The van der Waals surface area contributed by atoms with Gasteiger partial charge in [0.05, 0.1) is 6.61 Å². The zero-order valence-electron chi connectivity index (χ0n) is 17.3. The van der Waals surface area contributed by atoms with Gasteiger partial charge in [0, 0.05) is 23.5 Å². The molecule has 0 aromatic heterocycles. The van der Waals surface area contributed by atoms with Crippen molar-refractivity contribution in [1.29, 1.82) is 0 Å². The van der Waals surface area contributed by atoms with Crippen molar-refractivity contribution in [2.45, 2.75) is 86.0 Å². The third-order valence-electron chi connectivity index (χ3n) is 4.12. The predicted molar refractivity (Wildman–Crippen MR) is 106 cm³/mol. The van der Waals surface area contributed by atoms with Crippen LogP contribution in [0, 0.1) is 17.8 Å². The lowest BCUT2D eigenvalue weighted by molar-refractivity contribution is 0.319. The largest absolute Gasteiger partial charge is 0.493 e. The van der Waals surface area contributed by atoms with Gasteiger partial charge in [0.15, 0.2) is 0 Å². The molecule has 0 saturated heterocycles. The Bertz CT molecular complexity index is 565. The molecule has 0 fully saturated rings. The third kappa shape index (κ3) is 5.59. The zero-order valence-corrected chi connectivity index (χ0v) is 17.3. The minimum absolute atomic E-state index is 0.0544. The van der Waals surface area contributed by atoms with Crippen molar-refractivity contribution in [3.8, 4) is 17.6 Å². The molecule has 134 valence electrons. The second kappa shape index (κ2) is 8.11. The van der Waals surface area contributed by atoms with Crippen LogP contribution in [0.2, 0.25) is 0 Å². The second-order valence-electron chi connectivity index (χ2n) is 8.73. The van der Waals surface area contributed by atoms with E-state index in [4.69, 9.17) is 4.74 Å². The normalized spacial score (nSPS) is 13.2. The van der Waals surface area contributed by atoms with Gasteiger partial charge in [-0.2, -0.15) is 0 Å². The van der Waals surface area contributed by atoms with Crippen LogP contribution in [0.3, 0.4) is 0 Å². The first-order valence-corrected chi connectivity index (χ1v) is 9.29. The fraction of sp³-hybridized carbons (Fsp3) is 0.652. The van der Waals surface area contributed by atoms with Crippen molar-refractivity contribution in [3.05, 3.63) is 28.8 Å². The quantitative estimate of drug-likeness (QED) is 0.592. The van der Waals surface area contributed by atoms with Gasteiger partial charge in [-0.1, -0.05) is 73.4 Å². The van der Waals surface area contributed by atoms with Gasteiger partial charge < -0.3 is 4.74 Å². The highest BCUT2D eigenvalue weighted by molar-refractivity contribution is 5.51. The van der Waals surface area contributed by atoms with E-state index in [0.717, 1.165) is 18.6 Å². The lowest BCUT2D eigenvalue weighted by Gasteiger charge is -2.30. The van der Waals surface area contributed by atoms with Crippen LogP contribution in [0.25, 0.3) is 0 Å². The SMILES string of the molecule is CCC#CC(C)Cc1cc(C(C)(C)C)c(OCC)c(C(C)(C)C)c1. The van der Waals surface area contributed by atoms with E-state index in [1.54, 1.807) is 0 Å². The van der Waals surface area contributed by atoms with Crippen LogP contribution in [0.4, 0.5) is 0 Å². The number of rotatable bonds is 4. The summed E-state index contributed by atoms with van der Waals surface area (Å²) in [5.74, 6) is 8.03. The third-order valence-corrected chi connectivity index (χ3v) is 4.12. The summed E-state index contributed by atoms with van der Waals surface area (Å²) in [6.07, 6.45) is 1.92. The molecule has 0 aliphatic heterocycles. The summed E-state index contributed by atoms with van der Waals surface area (Å²) in [4.78, 5) is 0. The average molecular weight is 329 g/mol. The highest BCUT2D eigenvalue weighted by Crippen LogP contribution is 2.41. The van der Waals surface area contributed by atoms with Gasteiger partial charge in [-0.25, -0.2) is 0 Å². The standard InChI is InChI=1S/C23H36O/c1-10-12-13-17(3)14-18-15-19(22(4,5)6)21(24-11-2)20(16-18)23(7,8)9/h15-17H,10-11,14H2,1-9H3. The Morgan fingerprint density at radius 3 is 1.83 bits per heavy atom. The number of hydrogen-bond acceptors (Lipinski definition) is 1. The van der Waals surface area contributed by atoms with Gasteiger partial charge in [-0.3, -0.25) is 0 Å². The Labute approximate surface area is 150 Å². The van der Waals surface area contributed by atoms with E-state index >= 15 is 0 Å². The van der Waals surface area contributed by atoms with E-state index in [1.165, 1.54) is 16.7 Å². The average Bonchev–Trinajstić information content (AvgIpc) is 2.44. The summed E-state index contributed by atoms with van der Waals surface area (Å²) in [7, 11) is 0. The van der Waals surface area contributed by atoms with E-state index < -0.39 is 0 Å². The monoisotopic (exact) mass is 328 g/mol. The molecule has 1 nitrogen and oxygen atoms in total. The first-order valence-electron chi connectivity index (χ1n) is 9.29. The Morgan fingerprint density at radius 1 is 0.958 bits per heavy atom. The van der Waals surface area contributed by atoms with E-state index in [2.05, 4.69) is 86.3 Å². The molecule has 0 spiro atoms. The van der Waals surface area contributed by atoms with Gasteiger partial charge in [-0.15, -0.1) is 5.92 Å². The molecule has 1 rings (SSSR count). The number of benzene rings is 1. The minimum Gasteiger partial charge on any atom is -0.493 e. The summed E-state index contributed by atoms with van der Waals surface area (Å²) in [6.45, 7) is 20.7. The van der Waals surface area contributed by atoms with E-state index in [0.29, 0.717) is 12.5 Å². The van der Waals surface area contributed by atoms with E-state index in [-0.39, 0.29) is 10.8 Å². The maximum Gasteiger partial charge on any atom is 0.126 e. The number of ether oxygens (including phenoxy) is 1. The van der Waals surface area contributed by atoms with Crippen LogP contribution in [0.5, 0.6) is 5.75 Å². The molecule has 0 aliphatic rings. The molecular weight excluding hydrogens is 292 g/mol. The van der Waals surface area contributed by atoms with Crippen molar-refractivity contribution in [1.82, 2.24) is 0 Å². The molecule has 24 heavy (non-hydrogen) atoms. The summed E-state index contributed by atoms with van der Waals surface area (Å²) >= 11 is 0. The lowest BCUT2D eigenvalue weighted by atomic mass is 9.77. The highest BCUT2D eigenvalue weighted by atomic mass is 16.5. The molecule has 0 amide bonds. The summed E-state index contributed by atoms with van der Waals surface area (Å²) < 4.78 is 6.12. The molecular formula is C23H36O. The highest BCUT2D eigenvalue weighted by Gasteiger charge is 2.27. The van der Waals surface area contributed by atoms with Crippen LogP contribution in [-0.4, -0.2) is 6.61 Å². The molecule has 0 aliphatic carbocycles. The molecule has 0 bridgehead atoms. The molecule has 1 unspecified atom stereocenters. The Kier molecular flexibility index (Phi) is 6.97. The molecule has 1 atom stereocenters. The summed E-state index contributed by atoms with van der Waals surface area (Å²) in [6, 6.07) is 4.68. The summed E-state index contributed by atoms with van der Waals surface area (Å²) in [5.41, 5.74) is 4.09. The Balaban J connectivity index is 3.48. The molecule has 1 aromatic rings. The van der Waals surface area contributed by atoms with Crippen LogP contribution >= 0.6 is 0 Å². The van der Waals surface area contributed by atoms with Gasteiger partial charge in [0.25, 0.3) is 0 Å². The maximum atomic E-state index is 6.12. The van der Waals surface area contributed by atoms with Crippen molar-refractivity contribution < 1.29 is 4.74 Å². The van der Waals surface area contributed by atoms with Crippen LogP contribution in [0.1, 0.15) is 85.4 Å². The Morgan fingerprint density at radius 2 is 1.46 bits per heavy atom. The molecule has 0 heterocycles. The van der Waals surface area contributed by atoms with Gasteiger partial charge in [0.2, 0.25) is 0 Å². The van der Waals surface area contributed by atoms with Gasteiger partial charge in [0.1, 0.15) is 5.75 Å². The second-order valence-corrected chi connectivity index (χ2v) is 8.73. The Hall–Kier alpha value is -1.42. The van der Waals surface area contributed by atoms with Crippen LogP contribution in [-0.2, 0) is 17.3 Å². The maximum absolute atomic E-state index is 6.12. The zero-order chi connectivity index (χ0) is 18.5. The fourth-order valence-corrected chi connectivity index (χ4v) is 2.90. The molecule has 0 N–H and O–H groups in total. The van der Waals surface area contributed by atoms with Gasteiger partial charge >= 0.3 is 0 Å². The van der Waals surface area contributed by atoms with Crippen molar-refractivity contribution in [2.75, 3.05) is 6.61 Å². The predicted octanol–water partition coefficient (Wildman–Crippen LogP) is 6.27. The lowest BCUT2D eigenvalue weighted by Crippen LogP contribution is -2.20. The smallest absolute Gasteiger partial charge is 0.126 e. The molecule has 0 radical (unpaired) electrons. The molecule has 1 heteroatoms. The molecule has 1 aromatic carbocycles. The summed E-state index contributed by atoms with van der Waals surface area (Å²) in [5, 5.41) is 0. The van der Waals surface area contributed by atoms with Gasteiger partial charge in [-0.05, 0) is 29.7 Å². The first-order chi connectivity index (χ1) is 11.0. The topological polar surface area (TPSA) is 9.23 Å². The fourth-order valence-electron chi connectivity index (χ4n) is 2.90. The first kappa shape index (κ1) is 20.6. The van der Waals surface area contributed by atoms with Crippen molar-refractivity contribution >= 4 is 0 Å². The van der Waals surface area contributed by atoms with E-state index in [1.807, 2.05) is 0 Å².